The van der Waals surface area contributed by atoms with Crippen molar-refractivity contribution in [1.82, 2.24) is 0 Å². The van der Waals surface area contributed by atoms with Crippen molar-refractivity contribution >= 4 is 5.97 Å². The molecule has 2 aliphatic rings. The Balaban J connectivity index is 2.20. The lowest BCUT2D eigenvalue weighted by Gasteiger charge is -1.90. The first-order valence-electron chi connectivity index (χ1n) is 3.08. The number of carbonyl (C=O) groups is 1. The Morgan fingerprint density at radius 3 is 2.78 bits per heavy atom. The van der Waals surface area contributed by atoms with E-state index in [4.69, 9.17) is 5.11 Å². The zero-order chi connectivity index (χ0) is 6.43. The largest absolute Gasteiger partial charge is 0.478 e. The lowest BCUT2D eigenvalue weighted by atomic mass is 10.2. The summed E-state index contributed by atoms with van der Waals surface area (Å²) in [5.74, 6) is 1.04. The summed E-state index contributed by atoms with van der Waals surface area (Å²) in [4.78, 5) is 10.3. The zero-order valence-corrected chi connectivity index (χ0v) is 4.92. The topological polar surface area (TPSA) is 37.3 Å². The van der Waals surface area contributed by atoms with Crippen LogP contribution in [0.15, 0.2) is 11.6 Å². The molecule has 0 aromatic rings. The van der Waals surface area contributed by atoms with Crippen molar-refractivity contribution in [1.29, 1.82) is 0 Å². The monoisotopic (exact) mass is 123 g/mol. The van der Waals surface area contributed by atoms with Crippen LogP contribution >= 0.6 is 0 Å². The van der Waals surface area contributed by atoms with Gasteiger partial charge >= 0.3 is 5.97 Å². The van der Waals surface area contributed by atoms with E-state index in [1.807, 2.05) is 6.08 Å². The molecule has 0 bridgehead atoms. The van der Waals surface area contributed by atoms with Gasteiger partial charge in [-0.2, -0.15) is 0 Å². The van der Waals surface area contributed by atoms with Gasteiger partial charge < -0.3 is 5.11 Å². The van der Waals surface area contributed by atoms with E-state index >= 15 is 0 Å². The van der Waals surface area contributed by atoms with Gasteiger partial charge in [0.15, 0.2) is 0 Å². The standard InChI is InChI=1S/C7H7O2/c8-7(9)5-2-1-4-3-6(4)5/h2,4H,1,3H2,(H,8,9). The molecule has 2 nitrogen and oxygen atoms in total. The number of rotatable bonds is 1. The SMILES string of the molecule is O=C(O)C1=CCC2C[C]12. The summed E-state index contributed by atoms with van der Waals surface area (Å²) in [5, 5.41) is 8.52. The Labute approximate surface area is 53.2 Å². The third-order valence-electron chi connectivity index (χ3n) is 1.98. The molecule has 2 aliphatic carbocycles. The van der Waals surface area contributed by atoms with E-state index in [0.717, 1.165) is 12.8 Å². The highest BCUT2D eigenvalue weighted by Crippen LogP contribution is 2.53. The van der Waals surface area contributed by atoms with Crippen molar-refractivity contribution in [3.05, 3.63) is 17.6 Å². The van der Waals surface area contributed by atoms with E-state index < -0.39 is 5.97 Å². The summed E-state index contributed by atoms with van der Waals surface area (Å²) in [6.07, 6.45) is 3.83. The van der Waals surface area contributed by atoms with Crippen molar-refractivity contribution in [2.75, 3.05) is 0 Å². The second kappa shape index (κ2) is 1.38. The molecule has 0 spiro atoms. The third kappa shape index (κ3) is 0.590. The first kappa shape index (κ1) is 5.03. The fraction of sp³-hybridized carbons (Fsp3) is 0.429. The highest BCUT2D eigenvalue weighted by Gasteiger charge is 2.46. The van der Waals surface area contributed by atoms with Crippen LogP contribution in [-0.2, 0) is 4.79 Å². The molecule has 0 aliphatic heterocycles. The average molecular weight is 123 g/mol. The van der Waals surface area contributed by atoms with Gasteiger partial charge in [-0.1, -0.05) is 6.08 Å². The van der Waals surface area contributed by atoms with Crippen molar-refractivity contribution in [2.24, 2.45) is 5.92 Å². The summed E-state index contributed by atoms with van der Waals surface area (Å²) in [5.41, 5.74) is 0.583. The van der Waals surface area contributed by atoms with Crippen LogP contribution in [0.3, 0.4) is 0 Å². The van der Waals surface area contributed by atoms with Gasteiger partial charge in [-0.3, -0.25) is 0 Å². The Morgan fingerprint density at radius 2 is 2.56 bits per heavy atom. The second-order valence-electron chi connectivity index (χ2n) is 2.58. The normalized spacial score (nSPS) is 31.6. The molecular formula is C7H7O2. The molecule has 0 aromatic carbocycles. The zero-order valence-electron chi connectivity index (χ0n) is 4.92. The van der Waals surface area contributed by atoms with E-state index in [2.05, 4.69) is 0 Å². The third-order valence-corrected chi connectivity index (χ3v) is 1.98. The number of carboxylic acid groups (broad SMARTS) is 1. The number of aliphatic carboxylic acids is 1. The van der Waals surface area contributed by atoms with Crippen LogP contribution in [0.2, 0.25) is 0 Å². The van der Waals surface area contributed by atoms with Crippen LogP contribution in [0, 0.1) is 11.8 Å². The molecule has 47 valence electrons. The van der Waals surface area contributed by atoms with Crippen LogP contribution in [0.5, 0.6) is 0 Å². The number of hydrogen-bond acceptors (Lipinski definition) is 1. The maximum atomic E-state index is 10.3. The van der Waals surface area contributed by atoms with Gasteiger partial charge in [0.2, 0.25) is 0 Å². The first-order valence-corrected chi connectivity index (χ1v) is 3.08. The first-order chi connectivity index (χ1) is 4.29. The number of carboxylic acids is 1. The molecule has 1 unspecified atom stereocenters. The molecule has 0 aromatic heterocycles. The number of allylic oxidation sites excluding steroid dienone is 1. The Morgan fingerprint density at radius 1 is 1.78 bits per heavy atom. The van der Waals surface area contributed by atoms with Gasteiger partial charge in [-0.25, -0.2) is 4.79 Å². The lowest BCUT2D eigenvalue weighted by molar-refractivity contribution is -0.132. The number of hydrogen-bond donors (Lipinski definition) is 1. The Kier molecular flexibility index (Phi) is 0.770. The number of fused-ring (bicyclic) bond motifs is 1. The van der Waals surface area contributed by atoms with Crippen molar-refractivity contribution < 1.29 is 9.90 Å². The molecule has 9 heavy (non-hydrogen) atoms. The van der Waals surface area contributed by atoms with Gasteiger partial charge in [0, 0.05) is 11.5 Å². The van der Waals surface area contributed by atoms with Gasteiger partial charge in [-0.15, -0.1) is 0 Å². The maximum absolute atomic E-state index is 10.3. The fourth-order valence-corrected chi connectivity index (χ4v) is 1.38. The van der Waals surface area contributed by atoms with Gasteiger partial charge in [0.1, 0.15) is 0 Å². The van der Waals surface area contributed by atoms with Crippen molar-refractivity contribution in [3.8, 4) is 0 Å². The van der Waals surface area contributed by atoms with Crippen LogP contribution in [0.25, 0.3) is 0 Å². The maximum Gasteiger partial charge on any atom is 0.331 e. The predicted molar refractivity (Wildman–Crippen MR) is 31.7 cm³/mol. The Hall–Kier alpha value is -0.790. The summed E-state index contributed by atoms with van der Waals surface area (Å²) in [7, 11) is 0. The molecule has 0 heterocycles. The highest BCUT2D eigenvalue weighted by atomic mass is 16.4. The second-order valence-corrected chi connectivity index (χ2v) is 2.58. The molecule has 1 radical (unpaired) electrons. The lowest BCUT2D eigenvalue weighted by Crippen LogP contribution is -1.98. The van der Waals surface area contributed by atoms with E-state index in [9.17, 15) is 4.79 Å². The molecule has 2 rings (SSSR count). The van der Waals surface area contributed by atoms with Crippen LogP contribution < -0.4 is 0 Å². The summed E-state index contributed by atoms with van der Waals surface area (Å²) < 4.78 is 0. The van der Waals surface area contributed by atoms with E-state index in [1.165, 1.54) is 5.92 Å². The fourth-order valence-electron chi connectivity index (χ4n) is 1.38. The molecule has 1 saturated carbocycles. The van der Waals surface area contributed by atoms with Gasteiger partial charge in [-0.05, 0) is 18.8 Å². The molecule has 0 amide bonds. The van der Waals surface area contributed by atoms with E-state index in [0.29, 0.717) is 11.5 Å². The summed E-state index contributed by atoms with van der Waals surface area (Å²) in [6.45, 7) is 0. The average Bonchev–Trinajstić information content (AvgIpc) is 2.43. The minimum atomic E-state index is -0.745. The van der Waals surface area contributed by atoms with Crippen LogP contribution in [0.1, 0.15) is 12.8 Å². The quantitative estimate of drug-likeness (QED) is 0.564. The van der Waals surface area contributed by atoms with Gasteiger partial charge in [0.05, 0.1) is 0 Å². The van der Waals surface area contributed by atoms with E-state index in [-0.39, 0.29) is 0 Å². The smallest absolute Gasteiger partial charge is 0.331 e. The Bertz CT molecular complexity index is 193. The molecule has 2 heteroatoms. The molecule has 1 fully saturated rings. The molecule has 1 atom stereocenters. The van der Waals surface area contributed by atoms with Gasteiger partial charge in [0.25, 0.3) is 0 Å². The predicted octanol–water partition coefficient (Wildman–Crippen LogP) is 0.995. The van der Waals surface area contributed by atoms with Crippen LogP contribution in [-0.4, -0.2) is 11.1 Å². The van der Waals surface area contributed by atoms with Crippen molar-refractivity contribution in [3.63, 3.8) is 0 Å². The van der Waals surface area contributed by atoms with Crippen molar-refractivity contribution in [2.45, 2.75) is 12.8 Å². The minimum Gasteiger partial charge on any atom is -0.478 e. The molecular weight excluding hydrogens is 116 g/mol. The summed E-state index contributed by atoms with van der Waals surface area (Å²) in [6, 6.07) is 0. The highest BCUT2D eigenvalue weighted by molar-refractivity contribution is 5.93. The minimum absolute atomic E-state index is 0.583. The van der Waals surface area contributed by atoms with E-state index in [1.54, 1.807) is 0 Å². The molecule has 1 N–H and O–H groups in total. The summed E-state index contributed by atoms with van der Waals surface area (Å²) >= 11 is 0. The molecule has 0 saturated heterocycles. The van der Waals surface area contributed by atoms with Crippen LogP contribution in [0.4, 0.5) is 0 Å².